The average Bonchev–Trinajstić information content (AvgIpc) is 2.47. The Kier molecular flexibility index (Phi) is 6.30. The van der Waals surface area contributed by atoms with Gasteiger partial charge in [0.15, 0.2) is 0 Å². The summed E-state index contributed by atoms with van der Waals surface area (Å²) in [5.41, 5.74) is 0.472. The van der Waals surface area contributed by atoms with Crippen molar-refractivity contribution in [3.05, 3.63) is 23.8 Å². The molecule has 1 rings (SSSR count). The van der Waals surface area contributed by atoms with E-state index in [9.17, 15) is 5.11 Å². The maximum atomic E-state index is 10.4. The Morgan fingerprint density at radius 1 is 1.15 bits per heavy atom. The second-order valence-corrected chi connectivity index (χ2v) is 5.28. The van der Waals surface area contributed by atoms with Gasteiger partial charge in [0.2, 0.25) is 0 Å². The summed E-state index contributed by atoms with van der Waals surface area (Å²) in [6.07, 6.45) is 1.52. The molecule has 0 fully saturated rings. The zero-order chi connectivity index (χ0) is 15.2. The molecule has 0 saturated heterocycles. The molecule has 0 aliphatic heterocycles. The predicted molar refractivity (Wildman–Crippen MR) is 81.4 cm³/mol. The second-order valence-electron chi connectivity index (χ2n) is 5.28. The number of nitrogens with zero attached hydrogens (tertiary/aromatic N) is 1. The smallest absolute Gasteiger partial charge is 0.127 e. The Morgan fingerprint density at radius 3 is 2.30 bits per heavy atom. The predicted octanol–water partition coefficient (Wildman–Crippen LogP) is 2.69. The van der Waals surface area contributed by atoms with Crippen LogP contribution in [0.1, 0.15) is 32.3 Å². The number of benzene rings is 1. The summed E-state index contributed by atoms with van der Waals surface area (Å²) in [6, 6.07) is 5.82. The van der Waals surface area contributed by atoms with Crippen LogP contribution in [0.15, 0.2) is 18.2 Å². The Bertz CT molecular complexity index is 416. The maximum absolute atomic E-state index is 10.4. The number of methoxy groups -OCH3 is 2. The van der Waals surface area contributed by atoms with Gasteiger partial charge in [0.1, 0.15) is 11.5 Å². The zero-order valence-electron chi connectivity index (χ0n) is 13.3. The van der Waals surface area contributed by atoms with Gasteiger partial charge in [0.25, 0.3) is 0 Å². The van der Waals surface area contributed by atoms with Gasteiger partial charge in [-0.3, -0.25) is 4.90 Å². The molecule has 0 aliphatic carbocycles. The molecule has 0 heterocycles. The molecule has 114 valence electrons. The van der Waals surface area contributed by atoms with E-state index in [0.717, 1.165) is 36.4 Å². The van der Waals surface area contributed by atoms with E-state index in [4.69, 9.17) is 9.47 Å². The van der Waals surface area contributed by atoms with Crippen LogP contribution in [-0.4, -0.2) is 43.4 Å². The van der Waals surface area contributed by atoms with Gasteiger partial charge in [-0.1, -0.05) is 19.9 Å². The molecule has 0 atom stereocenters. The lowest BCUT2D eigenvalue weighted by atomic mass is 9.97. The minimum Gasteiger partial charge on any atom is -0.497 e. The van der Waals surface area contributed by atoms with Crippen molar-refractivity contribution in [3.8, 4) is 11.5 Å². The lowest BCUT2D eigenvalue weighted by Gasteiger charge is -2.31. The summed E-state index contributed by atoms with van der Waals surface area (Å²) in [5.74, 6) is 1.60. The minimum absolute atomic E-state index is 0.617. The van der Waals surface area contributed by atoms with Gasteiger partial charge in [-0.25, -0.2) is 0 Å². The van der Waals surface area contributed by atoms with Crippen LogP contribution in [0.3, 0.4) is 0 Å². The van der Waals surface area contributed by atoms with Gasteiger partial charge in [0.05, 0.1) is 19.8 Å². The molecule has 4 heteroatoms. The zero-order valence-corrected chi connectivity index (χ0v) is 13.3. The molecule has 1 N–H and O–H groups in total. The molecule has 4 nitrogen and oxygen atoms in total. The summed E-state index contributed by atoms with van der Waals surface area (Å²) in [4.78, 5) is 2.12. The van der Waals surface area contributed by atoms with Crippen LogP contribution >= 0.6 is 0 Å². The summed E-state index contributed by atoms with van der Waals surface area (Å²) in [5, 5.41) is 10.4. The van der Waals surface area contributed by atoms with E-state index in [1.165, 1.54) is 0 Å². The molecule has 0 bridgehead atoms. The van der Waals surface area contributed by atoms with Gasteiger partial charge in [-0.15, -0.1) is 0 Å². The molecule has 20 heavy (non-hydrogen) atoms. The van der Waals surface area contributed by atoms with Crippen LogP contribution in [0.5, 0.6) is 11.5 Å². The van der Waals surface area contributed by atoms with Crippen LogP contribution < -0.4 is 9.47 Å². The Balaban J connectivity index is 2.77. The first-order valence-electron chi connectivity index (χ1n) is 7.09. The Hall–Kier alpha value is -1.26. The third-order valence-electron chi connectivity index (χ3n) is 3.81. The number of hydrogen-bond acceptors (Lipinski definition) is 4. The monoisotopic (exact) mass is 281 g/mol. The third kappa shape index (κ3) is 4.39. The van der Waals surface area contributed by atoms with Crippen molar-refractivity contribution in [2.75, 3.05) is 27.8 Å². The fourth-order valence-electron chi connectivity index (χ4n) is 2.31. The van der Waals surface area contributed by atoms with E-state index in [0.29, 0.717) is 6.54 Å². The van der Waals surface area contributed by atoms with Crippen molar-refractivity contribution < 1.29 is 14.6 Å². The normalized spacial score (nSPS) is 11.8. The van der Waals surface area contributed by atoms with Gasteiger partial charge in [-0.05, 0) is 26.0 Å². The van der Waals surface area contributed by atoms with E-state index < -0.39 is 5.60 Å². The number of aliphatic hydroxyl groups is 1. The average molecular weight is 281 g/mol. The topological polar surface area (TPSA) is 41.9 Å². The van der Waals surface area contributed by atoms with Crippen molar-refractivity contribution in [1.82, 2.24) is 4.90 Å². The quantitative estimate of drug-likeness (QED) is 0.795. The fraction of sp³-hybridized carbons (Fsp3) is 0.625. The van der Waals surface area contributed by atoms with Crippen LogP contribution in [0.2, 0.25) is 0 Å². The number of rotatable bonds is 8. The first-order chi connectivity index (χ1) is 9.47. The molecular weight excluding hydrogens is 254 g/mol. The highest BCUT2D eigenvalue weighted by molar-refractivity contribution is 5.40. The lowest BCUT2D eigenvalue weighted by molar-refractivity contribution is 0.00117. The molecule has 0 saturated carbocycles. The van der Waals surface area contributed by atoms with E-state index >= 15 is 0 Å². The van der Waals surface area contributed by atoms with Crippen LogP contribution in [0, 0.1) is 0 Å². The van der Waals surface area contributed by atoms with Crippen molar-refractivity contribution in [3.63, 3.8) is 0 Å². The number of ether oxygens (including phenoxy) is 2. The van der Waals surface area contributed by atoms with Crippen LogP contribution in [0.4, 0.5) is 0 Å². The molecule has 0 unspecified atom stereocenters. The highest BCUT2D eigenvalue weighted by Gasteiger charge is 2.24. The maximum Gasteiger partial charge on any atom is 0.127 e. The van der Waals surface area contributed by atoms with E-state index in [1.807, 2.05) is 39.1 Å². The minimum atomic E-state index is -0.617. The molecule has 0 amide bonds. The van der Waals surface area contributed by atoms with E-state index in [2.05, 4.69) is 4.90 Å². The third-order valence-corrected chi connectivity index (χ3v) is 3.81. The molecule has 1 aromatic rings. The first-order valence-corrected chi connectivity index (χ1v) is 7.09. The van der Waals surface area contributed by atoms with Gasteiger partial charge in [-0.2, -0.15) is 0 Å². The van der Waals surface area contributed by atoms with Crippen LogP contribution in [-0.2, 0) is 6.54 Å². The van der Waals surface area contributed by atoms with E-state index in [1.54, 1.807) is 14.2 Å². The molecule has 1 aromatic carbocycles. The van der Waals surface area contributed by atoms with Crippen molar-refractivity contribution in [2.24, 2.45) is 0 Å². The second kappa shape index (κ2) is 7.50. The molecule has 0 aliphatic rings. The molecule has 0 radical (unpaired) electrons. The standard InChI is InChI=1S/C16H27NO3/c1-6-16(18,7-2)12-17(3)11-13-8-9-14(19-4)10-15(13)20-5/h8-10,18H,6-7,11-12H2,1-5H3. The SMILES string of the molecule is CCC(O)(CC)CN(C)Cc1ccc(OC)cc1OC. The summed E-state index contributed by atoms with van der Waals surface area (Å²) in [6.45, 7) is 5.42. The van der Waals surface area contributed by atoms with Crippen molar-refractivity contribution in [1.29, 1.82) is 0 Å². The summed E-state index contributed by atoms with van der Waals surface area (Å²) < 4.78 is 10.6. The fourth-order valence-corrected chi connectivity index (χ4v) is 2.31. The largest absolute Gasteiger partial charge is 0.497 e. The number of hydrogen-bond donors (Lipinski definition) is 1. The molecular formula is C16H27NO3. The van der Waals surface area contributed by atoms with E-state index in [-0.39, 0.29) is 0 Å². The number of likely N-dealkylation sites (N-methyl/N-ethyl adjacent to an activating group) is 1. The Labute approximate surface area is 122 Å². The Morgan fingerprint density at radius 2 is 1.80 bits per heavy atom. The lowest BCUT2D eigenvalue weighted by Crippen LogP contribution is -2.40. The molecule has 0 spiro atoms. The van der Waals surface area contributed by atoms with Crippen LogP contribution in [0.25, 0.3) is 0 Å². The molecule has 0 aromatic heterocycles. The highest BCUT2D eigenvalue weighted by Crippen LogP contribution is 2.26. The van der Waals surface area contributed by atoms with Crippen molar-refractivity contribution in [2.45, 2.75) is 38.8 Å². The first kappa shape index (κ1) is 16.8. The summed E-state index contributed by atoms with van der Waals surface area (Å²) >= 11 is 0. The van der Waals surface area contributed by atoms with Crippen molar-refractivity contribution >= 4 is 0 Å². The summed E-state index contributed by atoms with van der Waals surface area (Å²) in [7, 11) is 5.32. The highest BCUT2D eigenvalue weighted by atomic mass is 16.5. The van der Waals surface area contributed by atoms with Gasteiger partial charge >= 0.3 is 0 Å². The van der Waals surface area contributed by atoms with Gasteiger partial charge in [0, 0.05) is 24.7 Å². The van der Waals surface area contributed by atoms with Gasteiger partial charge < -0.3 is 14.6 Å².